The molecule has 0 spiro atoms. The van der Waals surface area contributed by atoms with Gasteiger partial charge in [-0.3, -0.25) is 0 Å². The smallest absolute Gasteiger partial charge is 0.407 e. The molecule has 0 aromatic heterocycles. The maximum Gasteiger partial charge on any atom is 0.407 e. The van der Waals surface area contributed by atoms with E-state index in [9.17, 15) is 18.7 Å². The quantitative estimate of drug-likeness (QED) is 0.465. The van der Waals surface area contributed by atoms with Gasteiger partial charge in [-0.05, 0) is 28.3 Å². The van der Waals surface area contributed by atoms with Crippen LogP contribution < -0.4 is 5.32 Å². The molecule has 0 atom stereocenters. The van der Waals surface area contributed by atoms with Crippen LogP contribution in [0.25, 0.3) is 11.1 Å². The predicted molar refractivity (Wildman–Crippen MR) is 113 cm³/mol. The highest BCUT2D eigenvalue weighted by atomic mass is 19.1. The van der Waals surface area contributed by atoms with Crippen molar-refractivity contribution in [1.82, 2.24) is 5.32 Å². The second-order valence-corrected chi connectivity index (χ2v) is 7.09. The van der Waals surface area contributed by atoms with Gasteiger partial charge in [-0.25, -0.2) is 13.6 Å². The summed E-state index contributed by atoms with van der Waals surface area (Å²) in [6.45, 7) is 0.407. The van der Waals surface area contributed by atoms with E-state index >= 15 is 0 Å². The number of nitrogens with one attached hydrogen (secondary N) is 1. The van der Waals surface area contributed by atoms with E-state index in [1.165, 1.54) is 0 Å². The van der Waals surface area contributed by atoms with Crippen molar-refractivity contribution < 1.29 is 23.4 Å². The first-order valence-electron chi connectivity index (χ1n) is 9.80. The first-order chi connectivity index (χ1) is 15.0. The van der Waals surface area contributed by atoms with Crippen LogP contribution >= 0.6 is 0 Å². The maximum absolute atomic E-state index is 13.3. The van der Waals surface area contributed by atoms with Gasteiger partial charge in [0.25, 0.3) is 0 Å². The SMILES string of the molecule is O=C(NCCC#Cc1cc(F)cc(F)c1O)OCC1c2ccccc2-c2ccccc21. The van der Waals surface area contributed by atoms with E-state index in [0.29, 0.717) is 6.07 Å². The van der Waals surface area contributed by atoms with Crippen molar-refractivity contribution in [2.75, 3.05) is 13.2 Å². The molecule has 0 heterocycles. The Morgan fingerprint density at radius 1 is 1.03 bits per heavy atom. The monoisotopic (exact) mass is 419 g/mol. The average molecular weight is 419 g/mol. The van der Waals surface area contributed by atoms with Gasteiger partial charge in [-0.1, -0.05) is 60.4 Å². The van der Waals surface area contributed by atoms with Crippen LogP contribution in [0.2, 0.25) is 0 Å². The highest BCUT2D eigenvalue weighted by molar-refractivity contribution is 5.79. The average Bonchev–Trinajstić information content (AvgIpc) is 3.09. The Labute approximate surface area is 178 Å². The number of ether oxygens (including phenoxy) is 1. The van der Waals surface area contributed by atoms with Crippen LogP contribution in [0.4, 0.5) is 13.6 Å². The van der Waals surface area contributed by atoms with Gasteiger partial charge in [0.15, 0.2) is 11.6 Å². The zero-order chi connectivity index (χ0) is 21.8. The molecule has 31 heavy (non-hydrogen) atoms. The van der Waals surface area contributed by atoms with Gasteiger partial charge < -0.3 is 15.2 Å². The lowest BCUT2D eigenvalue weighted by Gasteiger charge is -2.14. The molecule has 4 nitrogen and oxygen atoms in total. The summed E-state index contributed by atoms with van der Waals surface area (Å²) in [6, 6.07) is 17.7. The highest BCUT2D eigenvalue weighted by Gasteiger charge is 2.28. The third kappa shape index (κ3) is 4.36. The van der Waals surface area contributed by atoms with E-state index in [-0.39, 0.29) is 31.1 Å². The van der Waals surface area contributed by atoms with Crippen molar-refractivity contribution >= 4 is 6.09 Å². The van der Waals surface area contributed by atoms with Crippen LogP contribution in [0.5, 0.6) is 5.75 Å². The summed E-state index contributed by atoms with van der Waals surface area (Å²) in [4.78, 5) is 12.1. The first kappa shape index (κ1) is 20.4. The molecule has 0 aliphatic heterocycles. The van der Waals surface area contributed by atoms with Crippen molar-refractivity contribution in [2.24, 2.45) is 0 Å². The number of benzene rings is 3. The summed E-state index contributed by atoms with van der Waals surface area (Å²) in [5.41, 5.74) is 4.42. The van der Waals surface area contributed by atoms with Gasteiger partial charge >= 0.3 is 6.09 Å². The number of halogens is 2. The molecule has 0 unspecified atom stereocenters. The predicted octanol–water partition coefficient (Wildman–Crippen LogP) is 4.95. The number of hydrogen-bond donors (Lipinski definition) is 2. The van der Waals surface area contributed by atoms with E-state index in [0.717, 1.165) is 28.3 Å². The molecule has 1 aliphatic rings. The van der Waals surface area contributed by atoms with Crippen LogP contribution in [-0.4, -0.2) is 24.4 Å². The van der Waals surface area contributed by atoms with E-state index in [1.807, 2.05) is 36.4 Å². The Balaban J connectivity index is 1.30. The minimum Gasteiger partial charge on any atom is -0.504 e. The van der Waals surface area contributed by atoms with Gasteiger partial charge in [-0.2, -0.15) is 0 Å². The molecule has 0 fully saturated rings. The number of phenolic OH excluding ortho intramolecular Hbond substituents is 1. The van der Waals surface area contributed by atoms with Crippen LogP contribution in [0, 0.1) is 23.5 Å². The fourth-order valence-electron chi connectivity index (χ4n) is 3.70. The number of carbonyl (C=O) groups is 1. The summed E-state index contributed by atoms with van der Waals surface area (Å²) in [5.74, 6) is 2.55. The molecule has 4 rings (SSSR count). The fourth-order valence-corrected chi connectivity index (χ4v) is 3.70. The number of alkyl carbamates (subject to hydrolysis) is 1. The molecule has 2 N–H and O–H groups in total. The van der Waals surface area contributed by atoms with Crippen molar-refractivity contribution in [1.29, 1.82) is 0 Å². The summed E-state index contributed by atoms with van der Waals surface area (Å²) < 4.78 is 31.9. The molecule has 0 bridgehead atoms. The lowest BCUT2D eigenvalue weighted by Crippen LogP contribution is -2.26. The molecule has 3 aromatic rings. The summed E-state index contributed by atoms with van der Waals surface area (Å²) in [5, 5.41) is 12.2. The normalized spacial score (nSPS) is 11.8. The topological polar surface area (TPSA) is 58.6 Å². The fraction of sp³-hybridized carbons (Fsp3) is 0.160. The van der Waals surface area contributed by atoms with Gasteiger partial charge in [0.05, 0.1) is 5.56 Å². The molecule has 6 heteroatoms. The van der Waals surface area contributed by atoms with Gasteiger partial charge in [0.1, 0.15) is 12.4 Å². The number of fused-ring (bicyclic) bond motifs is 3. The molecule has 0 saturated carbocycles. The van der Waals surface area contributed by atoms with Crippen molar-refractivity contribution in [3.8, 4) is 28.7 Å². The lowest BCUT2D eigenvalue weighted by molar-refractivity contribution is 0.143. The minimum atomic E-state index is -1.07. The molecule has 1 amide bonds. The van der Waals surface area contributed by atoms with Crippen molar-refractivity contribution in [2.45, 2.75) is 12.3 Å². The molecule has 156 valence electrons. The number of phenols is 1. The molecule has 0 saturated heterocycles. The van der Waals surface area contributed by atoms with Crippen LogP contribution in [-0.2, 0) is 4.74 Å². The van der Waals surface area contributed by atoms with Crippen LogP contribution in [0.15, 0.2) is 60.7 Å². The minimum absolute atomic E-state index is 0.0243. The number of rotatable bonds is 4. The number of aromatic hydroxyl groups is 1. The molecule has 3 aromatic carbocycles. The Kier molecular flexibility index (Phi) is 5.85. The second-order valence-electron chi connectivity index (χ2n) is 7.09. The molecule has 0 radical (unpaired) electrons. The standard InChI is InChI=1S/C25H19F2NO3/c26-17-13-16(24(29)23(27)14-17)7-5-6-12-28-25(30)31-15-22-20-10-3-1-8-18(20)19-9-2-4-11-21(19)22/h1-4,8-11,13-14,22,29H,6,12,15H2,(H,28,30). The highest BCUT2D eigenvalue weighted by Crippen LogP contribution is 2.44. The largest absolute Gasteiger partial charge is 0.504 e. The van der Waals surface area contributed by atoms with E-state index in [2.05, 4.69) is 29.3 Å². The van der Waals surface area contributed by atoms with E-state index in [4.69, 9.17) is 4.74 Å². The Hall–Kier alpha value is -3.85. The van der Waals surface area contributed by atoms with E-state index < -0.39 is 23.5 Å². The zero-order valence-corrected chi connectivity index (χ0v) is 16.5. The molecular weight excluding hydrogens is 400 g/mol. The summed E-state index contributed by atoms with van der Waals surface area (Å²) in [7, 11) is 0. The Bertz CT molecular complexity index is 1150. The zero-order valence-electron chi connectivity index (χ0n) is 16.5. The molecule has 1 aliphatic carbocycles. The number of hydrogen-bond acceptors (Lipinski definition) is 3. The third-order valence-electron chi connectivity index (χ3n) is 5.11. The summed E-state index contributed by atoms with van der Waals surface area (Å²) >= 11 is 0. The van der Waals surface area contributed by atoms with Gasteiger partial charge in [-0.15, -0.1) is 0 Å². The lowest BCUT2D eigenvalue weighted by atomic mass is 9.98. The Morgan fingerprint density at radius 2 is 1.68 bits per heavy atom. The van der Waals surface area contributed by atoms with Gasteiger partial charge in [0, 0.05) is 24.9 Å². The second kappa shape index (κ2) is 8.88. The number of carbonyl (C=O) groups excluding carboxylic acids is 1. The van der Waals surface area contributed by atoms with Crippen molar-refractivity contribution in [3.63, 3.8) is 0 Å². The number of amides is 1. The first-order valence-corrected chi connectivity index (χ1v) is 9.80. The van der Waals surface area contributed by atoms with Crippen molar-refractivity contribution in [3.05, 3.63) is 89.0 Å². The maximum atomic E-state index is 13.3. The Morgan fingerprint density at radius 3 is 2.35 bits per heavy atom. The van der Waals surface area contributed by atoms with Crippen LogP contribution in [0.3, 0.4) is 0 Å². The van der Waals surface area contributed by atoms with E-state index in [1.54, 1.807) is 0 Å². The summed E-state index contributed by atoms with van der Waals surface area (Å²) in [6.07, 6.45) is -0.342. The van der Waals surface area contributed by atoms with Crippen LogP contribution in [0.1, 0.15) is 29.0 Å². The third-order valence-corrected chi connectivity index (χ3v) is 5.11. The van der Waals surface area contributed by atoms with Gasteiger partial charge in [0.2, 0.25) is 0 Å². The molecular formula is C25H19F2NO3.